The molecule has 3 aromatic rings. The largest absolute Gasteiger partial charge is 0.457 e. The number of piperidine rings is 1. The summed E-state index contributed by atoms with van der Waals surface area (Å²) in [6.45, 7) is 1.71. The van der Waals surface area contributed by atoms with E-state index >= 15 is 0 Å². The van der Waals surface area contributed by atoms with E-state index in [9.17, 15) is 9.59 Å². The molecule has 0 aromatic heterocycles. The van der Waals surface area contributed by atoms with Gasteiger partial charge in [-0.05, 0) is 73.9 Å². The Morgan fingerprint density at radius 1 is 0.781 bits per heavy atom. The van der Waals surface area contributed by atoms with Crippen LogP contribution in [0, 0.1) is 0 Å². The molecular formula is C26H27N3O3. The van der Waals surface area contributed by atoms with E-state index in [1.54, 1.807) is 24.3 Å². The first kappa shape index (κ1) is 21.4. The lowest BCUT2D eigenvalue weighted by molar-refractivity contribution is -0.114. The standard InChI is InChI=1S/C26H27N3O3/c30-25(19-27-21-12-14-24(15-13-21)32-23-10-3-1-4-11-23)28-22-9-7-8-20(18-22)26(31)29-16-5-2-6-17-29/h1,3-4,7-15,18,27H,2,5-6,16-17,19H2,(H,28,30). The number of carbonyl (C=O) groups is 2. The predicted octanol–water partition coefficient (Wildman–Crippen LogP) is 5.16. The molecule has 1 saturated heterocycles. The normalized spacial score (nSPS) is 13.3. The van der Waals surface area contributed by atoms with Gasteiger partial charge in [-0.2, -0.15) is 0 Å². The number of hydrogen-bond acceptors (Lipinski definition) is 4. The first-order chi connectivity index (χ1) is 15.7. The molecule has 2 N–H and O–H groups in total. The molecule has 0 aliphatic carbocycles. The average Bonchev–Trinajstić information content (AvgIpc) is 2.84. The highest BCUT2D eigenvalue weighted by molar-refractivity contribution is 5.98. The quantitative estimate of drug-likeness (QED) is 0.545. The Morgan fingerprint density at radius 2 is 1.50 bits per heavy atom. The van der Waals surface area contributed by atoms with E-state index in [0.717, 1.165) is 43.1 Å². The smallest absolute Gasteiger partial charge is 0.253 e. The van der Waals surface area contributed by atoms with Crippen molar-refractivity contribution in [3.63, 3.8) is 0 Å². The zero-order valence-electron chi connectivity index (χ0n) is 17.9. The van der Waals surface area contributed by atoms with E-state index in [1.165, 1.54) is 6.42 Å². The van der Waals surface area contributed by atoms with Crippen molar-refractivity contribution in [3.8, 4) is 11.5 Å². The molecule has 1 fully saturated rings. The lowest BCUT2D eigenvalue weighted by Crippen LogP contribution is -2.35. The minimum atomic E-state index is -0.183. The Kier molecular flexibility index (Phi) is 7.02. The van der Waals surface area contributed by atoms with E-state index < -0.39 is 0 Å². The molecule has 3 aromatic carbocycles. The highest BCUT2D eigenvalue weighted by Gasteiger charge is 2.18. The molecule has 0 spiro atoms. The number of amides is 2. The lowest BCUT2D eigenvalue weighted by atomic mass is 10.1. The Hall–Kier alpha value is -3.80. The van der Waals surface area contributed by atoms with Gasteiger partial charge in [0.25, 0.3) is 5.91 Å². The van der Waals surface area contributed by atoms with Crippen molar-refractivity contribution in [2.75, 3.05) is 30.3 Å². The molecule has 1 aliphatic rings. The first-order valence-electron chi connectivity index (χ1n) is 10.9. The highest BCUT2D eigenvalue weighted by atomic mass is 16.5. The molecule has 4 rings (SSSR count). The number of hydrogen-bond donors (Lipinski definition) is 2. The Balaban J connectivity index is 1.28. The Labute approximate surface area is 188 Å². The van der Waals surface area contributed by atoms with Crippen LogP contribution in [0.3, 0.4) is 0 Å². The molecule has 6 nitrogen and oxygen atoms in total. The van der Waals surface area contributed by atoms with Gasteiger partial charge < -0.3 is 20.3 Å². The second kappa shape index (κ2) is 10.5. The van der Waals surface area contributed by atoms with Crippen LogP contribution < -0.4 is 15.4 Å². The molecule has 0 atom stereocenters. The molecular weight excluding hydrogens is 402 g/mol. The van der Waals surface area contributed by atoms with E-state index in [0.29, 0.717) is 11.3 Å². The zero-order chi connectivity index (χ0) is 22.2. The van der Waals surface area contributed by atoms with Crippen LogP contribution in [0.2, 0.25) is 0 Å². The Bertz CT molecular complexity index is 1050. The van der Waals surface area contributed by atoms with Crippen LogP contribution in [0.5, 0.6) is 11.5 Å². The van der Waals surface area contributed by atoms with Gasteiger partial charge in [0, 0.05) is 30.0 Å². The van der Waals surface area contributed by atoms with Crippen LogP contribution in [-0.4, -0.2) is 36.3 Å². The second-order valence-electron chi connectivity index (χ2n) is 7.77. The van der Waals surface area contributed by atoms with Gasteiger partial charge in [0.15, 0.2) is 0 Å². The summed E-state index contributed by atoms with van der Waals surface area (Å²) in [5.41, 5.74) is 2.03. The van der Waals surface area contributed by atoms with Gasteiger partial charge in [0.1, 0.15) is 11.5 Å². The number of rotatable bonds is 7. The van der Waals surface area contributed by atoms with Crippen LogP contribution in [0.1, 0.15) is 29.6 Å². The van der Waals surface area contributed by atoms with Crippen LogP contribution in [0.4, 0.5) is 11.4 Å². The molecule has 1 heterocycles. The number of nitrogens with one attached hydrogen (secondary N) is 2. The third-order valence-electron chi connectivity index (χ3n) is 5.32. The summed E-state index contributed by atoms with van der Waals surface area (Å²) >= 11 is 0. The van der Waals surface area contributed by atoms with Gasteiger partial charge >= 0.3 is 0 Å². The van der Waals surface area contributed by atoms with E-state index in [-0.39, 0.29) is 18.4 Å². The fraction of sp³-hybridized carbons (Fsp3) is 0.231. The van der Waals surface area contributed by atoms with Gasteiger partial charge in [-0.3, -0.25) is 9.59 Å². The molecule has 164 valence electrons. The van der Waals surface area contributed by atoms with Crippen molar-refractivity contribution < 1.29 is 14.3 Å². The molecule has 32 heavy (non-hydrogen) atoms. The summed E-state index contributed by atoms with van der Waals surface area (Å²) in [6, 6.07) is 24.1. The summed E-state index contributed by atoms with van der Waals surface area (Å²) in [5, 5.41) is 5.96. The molecule has 0 unspecified atom stereocenters. The summed E-state index contributed by atoms with van der Waals surface area (Å²) in [4.78, 5) is 27.0. The van der Waals surface area contributed by atoms with Crippen molar-refractivity contribution in [1.82, 2.24) is 4.90 Å². The number of nitrogens with zero attached hydrogens (tertiary/aromatic N) is 1. The van der Waals surface area contributed by atoms with E-state index in [4.69, 9.17) is 4.74 Å². The lowest BCUT2D eigenvalue weighted by Gasteiger charge is -2.26. The van der Waals surface area contributed by atoms with E-state index in [2.05, 4.69) is 10.6 Å². The second-order valence-corrected chi connectivity index (χ2v) is 7.77. The molecule has 6 heteroatoms. The molecule has 2 amide bonds. The maximum Gasteiger partial charge on any atom is 0.253 e. The predicted molar refractivity (Wildman–Crippen MR) is 126 cm³/mol. The number of para-hydroxylation sites is 1. The van der Waals surface area contributed by atoms with Crippen LogP contribution >= 0.6 is 0 Å². The summed E-state index contributed by atoms with van der Waals surface area (Å²) in [5.74, 6) is 1.34. The SMILES string of the molecule is O=C(CNc1ccc(Oc2ccccc2)cc1)Nc1cccc(C(=O)N2CCCCC2)c1. The monoisotopic (exact) mass is 429 g/mol. The number of benzene rings is 3. The summed E-state index contributed by atoms with van der Waals surface area (Å²) < 4.78 is 5.77. The number of ether oxygens (including phenoxy) is 1. The van der Waals surface area contributed by atoms with Crippen molar-refractivity contribution in [1.29, 1.82) is 0 Å². The topological polar surface area (TPSA) is 70.7 Å². The van der Waals surface area contributed by atoms with Crippen molar-refractivity contribution in [3.05, 3.63) is 84.4 Å². The van der Waals surface area contributed by atoms with Crippen LogP contribution in [0.15, 0.2) is 78.9 Å². The molecule has 0 bridgehead atoms. The van der Waals surface area contributed by atoms with Gasteiger partial charge in [-0.15, -0.1) is 0 Å². The van der Waals surface area contributed by atoms with Crippen molar-refractivity contribution in [2.45, 2.75) is 19.3 Å². The average molecular weight is 430 g/mol. The first-order valence-corrected chi connectivity index (χ1v) is 10.9. The fourth-order valence-corrected chi connectivity index (χ4v) is 3.66. The van der Waals surface area contributed by atoms with Crippen LogP contribution in [-0.2, 0) is 4.79 Å². The highest BCUT2D eigenvalue weighted by Crippen LogP contribution is 2.22. The minimum absolute atomic E-state index is 0.0248. The van der Waals surface area contributed by atoms with Gasteiger partial charge in [-0.25, -0.2) is 0 Å². The Morgan fingerprint density at radius 3 is 2.25 bits per heavy atom. The van der Waals surface area contributed by atoms with Gasteiger partial charge in [0.05, 0.1) is 6.54 Å². The molecule has 0 radical (unpaired) electrons. The number of carbonyl (C=O) groups excluding carboxylic acids is 2. The minimum Gasteiger partial charge on any atom is -0.457 e. The summed E-state index contributed by atoms with van der Waals surface area (Å²) in [7, 11) is 0. The number of likely N-dealkylation sites (tertiary alicyclic amines) is 1. The molecule has 1 aliphatic heterocycles. The zero-order valence-corrected chi connectivity index (χ0v) is 17.9. The van der Waals surface area contributed by atoms with Crippen molar-refractivity contribution >= 4 is 23.2 Å². The molecule has 0 saturated carbocycles. The van der Waals surface area contributed by atoms with Gasteiger partial charge in [-0.1, -0.05) is 24.3 Å². The van der Waals surface area contributed by atoms with E-state index in [1.807, 2.05) is 59.5 Å². The summed E-state index contributed by atoms with van der Waals surface area (Å²) in [6.07, 6.45) is 3.27. The fourth-order valence-electron chi connectivity index (χ4n) is 3.66. The third-order valence-corrected chi connectivity index (χ3v) is 5.32. The van der Waals surface area contributed by atoms with Gasteiger partial charge in [0.2, 0.25) is 5.91 Å². The third kappa shape index (κ3) is 5.88. The van der Waals surface area contributed by atoms with Crippen LogP contribution in [0.25, 0.3) is 0 Å². The number of anilines is 2. The maximum atomic E-state index is 12.7. The van der Waals surface area contributed by atoms with Crippen molar-refractivity contribution in [2.24, 2.45) is 0 Å². The maximum absolute atomic E-state index is 12.7.